The number of rotatable bonds is 6. The first-order valence-electron chi connectivity index (χ1n) is 6.60. The molecule has 1 aliphatic rings. The van der Waals surface area contributed by atoms with E-state index in [1.165, 1.54) is 0 Å². The molecule has 0 aromatic rings. The molecule has 0 amide bonds. The van der Waals surface area contributed by atoms with Gasteiger partial charge < -0.3 is 14.8 Å². The maximum atomic E-state index is 12.1. The van der Waals surface area contributed by atoms with E-state index in [-0.39, 0.29) is 17.5 Å². The van der Waals surface area contributed by atoms with Crippen LogP contribution in [0.15, 0.2) is 0 Å². The molecule has 100 valence electrons. The van der Waals surface area contributed by atoms with Gasteiger partial charge in [0.05, 0.1) is 18.1 Å². The molecule has 0 aromatic carbocycles. The molecular formula is C13H25NO3. The number of hydrogen-bond acceptors (Lipinski definition) is 4. The van der Waals surface area contributed by atoms with E-state index in [1.54, 1.807) is 0 Å². The summed E-state index contributed by atoms with van der Waals surface area (Å²) >= 11 is 0. The smallest absolute Gasteiger partial charge is 0.313 e. The van der Waals surface area contributed by atoms with E-state index >= 15 is 0 Å². The Bertz CT molecular complexity index is 235. The lowest BCUT2D eigenvalue weighted by Gasteiger charge is -2.34. The van der Waals surface area contributed by atoms with Gasteiger partial charge in [-0.1, -0.05) is 6.92 Å². The van der Waals surface area contributed by atoms with Crippen molar-refractivity contribution in [1.29, 1.82) is 0 Å². The SMILES string of the molecule is CCC1(C(=O)OCCOC(C)C)CCCNC1. The Labute approximate surface area is 104 Å². The lowest BCUT2D eigenvalue weighted by molar-refractivity contribution is -0.159. The fraction of sp³-hybridized carbons (Fsp3) is 0.923. The Morgan fingerprint density at radius 3 is 2.71 bits per heavy atom. The number of ether oxygens (including phenoxy) is 2. The Hall–Kier alpha value is -0.610. The minimum Gasteiger partial charge on any atom is -0.463 e. The number of nitrogens with one attached hydrogen (secondary N) is 1. The Morgan fingerprint density at radius 1 is 1.41 bits per heavy atom. The summed E-state index contributed by atoms with van der Waals surface area (Å²) in [6, 6.07) is 0. The van der Waals surface area contributed by atoms with Gasteiger partial charge in [-0.25, -0.2) is 0 Å². The van der Waals surface area contributed by atoms with Gasteiger partial charge in [-0.15, -0.1) is 0 Å². The lowest BCUT2D eigenvalue weighted by Crippen LogP contribution is -2.46. The first-order chi connectivity index (χ1) is 8.10. The summed E-state index contributed by atoms with van der Waals surface area (Å²) in [5, 5.41) is 3.28. The molecule has 4 heteroatoms. The molecule has 0 aliphatic carbocycles. The van der Waals surface area contributed by atoms with Crippen molar-refractivity contribution < 1.29 is 14.3 Å². The number of hydrogen-bond donors (Lipinski definition) is 1. The molecule has 1 rings (SSSR count). The zero-order valence-corrected chi connectivity index (χ0v) is 11.3. The molecule has 1 heterocycles. The minimum absolute atomic E-state index is 0.0699. The molecule has 0 radical (unpaired) electrons. The van der Waals surface area contributed by atoms with E-state index in [9.17, 15) is 4.79 Å². The van der Waals surface area contributed by atoms with Crippen LogP contribution in [0, 0.1) is 5.41 Å². The molecule has 0 bridgehead atoms. The van der Waals surface area contributed by atoms with Gasteiger partial charge in [0.2, 0.25) is 0 Å². The van der Waals surface area contributed by atoms with Crippen molar-refractivity contribution in [3.8, 4) is 0 Å². The van der Waals surface area contributed by atoms with Crippen molar-refractivity contribution in [2.45, 2.75) is 46.1 Å². The maximum absolute atomic E-state index is 12.1. The molecular weight excluding hydrogens is 218 g/mol. The molecule has 17 heavy (non-hydrogen) atoms. The van der Waals surface area contributed by atoms with Gasteiger partial charge in [-0.2, -0.15) is 0 Å². The van der Waals surface area contributed by atoms with Crippen molar-refractivity contribution in [1.82, 2.24) is 5.32 Å². The van der Waals surface area contributed by atoms with Gasteiger partial charge in [-0.05, 0) is 39.7 Å². The second-order valence-electron chi connectivity index (χ2n) is 4.97. The van der Waals surface area contributed by atoms with Crippen LogP contribution in [-0.4, -0.2) is 38.4 Å². The van der Waals surface area contributed by atoms with Crippen LogP contribution < -0.4 is 5.32 Å². The average Bonchev–Trinajstić information content (AvgIpc) is 2.35. The predicted octanol–water partition coefficient (Wildman–Crippen LogP) is 1.73. The van der Waals surface area contributed by atoms with E-state index in [4.69, 9.17) is 9.47 Å². The number of carbonyl (C=O) groups excluding carboxylic acids is 1. The fourth-order valence-electron chi connectivity index (χ4n) is 2.16. The van der Waals surface area contributed by atoms with Crippen LogP contribution in [0.2, 0.25) is 0 Å². The summed E-state index contributed by atoms with van der Waals surface area (Å²) in [5.41, 5.74) is -0.309. The molecule has 4 nitrogen and oxygen atoms in total. The second kappa shape index (κ2) is 6.97. The normalized spacial score (nSPS) is 24.9. The maximum Gasteiger partial charge on any atom is 0.313 e. The van der Waals surface area contributed by atoms with Crippen LogP contribution in [0.1, 0.15) is 40.0 Å². The van der Waals surface area contributed by atoms with E-state index < -0.39 is 0 Å². The Balaban J connectivity index is 2.33. The summed E-state index contributed by atoms with van der Waals surface area (Å²) in [7, 11) is 0. The zero-order valence-electron chi connectivity index (χ0n) is 11.3. The van der Waals surface area contributed by atoms with Crippen LogP contribution in [0.25, 0.3) is 0 Å². The highest BCUT2D eigenvalue weighted by atomic mass is 16.6. The quantitative estimate of drug-likeness (QED) is 0.570. The first kappa shape index (κ1) is 14.5. The second-order valence-corrected chi connectivity index (χ2v) is 4.97. The molecule has 0 saturated carbocycles. The fourth-order valence-corrected chi connectivity index (χ4v) is 2.16. The van der Waals surface area contributed by atoms with Crippen molar-refractivity contribution in [2.75, 3.05) is 26.3 Å². The largest absolute Gasteiger partial charge is 0.463 e. The number of piperidine rings is 1. The van der Waals surface area contributed by atoms with Crippen LogP contribution in [0.4, 0.5) is 0 Å². The van der Waals surface area contributed by atoms with Crippen LogP contribution in [0.5, 0.6) is 0 Å². The van der Waals surface area contributed by atoms with Crippen LogP contribution in [0.3, 0.4) is 0 Å². The number of carbonyl (C=O) groups is 1. The molecule has 1 N–H and O–H groups in total. The van der Waals surface area contributed by atoms with E-state index in [0.717, 1.165) is 32.4 Å². The van der Waals surface area contributed by atoms with Crippen molar-refractivity contribution >= 4 is 5.97 Å². The zero-order chi connectivity index (χ0) is 12.7. The number of esters is 1. The summed E-state index contributed by atoms with van der Waals surface area (Å²) in [5.74, 6) is -0.0699. The topological polar surface area (TPSA) is 47.6 Å². The van der Waals surface area contributed by atoms with Gasteiger partial charge in [0.1, 0.15) is 6.61 Å². The summed E-state index contributed by atoms with van der Waals surface area (Å²) in [6.45, 7) is 8.59. The van der Waals surface area contributed by atoms with E-state index in [2.05, 4.69) is 12.2 Å². The van der Waals surface area contributed by atoms with E-state index in [1.807, 2.05) is 13.8 Å². The van der Waals surface area contributed by atoms with Crippen LogP contribution >= 0.6 is 0 Å². The van der Waals surface area contributed by atoms with Gasteiger partial charge in [0, 0.05) is 6.54 Å². The summed E-state index contributed by atoms with van der Waals surface area (Å²) < 4.78 is 10.7. The van der Waals surface area contributed by atoms with Gasteiger partial charge in [0.25, 0.3) is 0 Å². The third-order valence-corrected chi connectivity index (χ3v) is 3.35. The molecule has 1 fully saturated rings. The molecule has 0 spiro atoms. The third kappa shape index (κ3) is 4.28. The summed E-state index contributed by atoms with van der Waals surface area (Å²) in [4.78, 5) is 12.1. The highest BCUT2D eigenvalue weighted by Gasteiger charge is 2.39. The lowest BCUT2D eigenvalue weighted by atomic mass is 9.78. The predicted molar refractivity (Wildman–Crippen MR) is 66.9 cm³/mol. The van der Waals surface area contributed by atoms with Crippen molar-refractivity contribution in [2.24, 2.45) is 5.41 Å². The van der Waals surface area contributed by atoms with Crippen LogP contribution in [-0.2, 0) is 14.3 Å². The highest BCUT2D eigenvalue weighted by molar-refractivity contribution is 5.77. The molecule has 0 aromatic heterocycles. The average molecular weight is 243 g/mol. The minimum atomic E-state index is -0.309. The highest BCUT2D eigenvalue weighted by Crippen LogP contribution is 2.31. The van der Waals surface area contributed by atoms with Gasteiger partial charge in [-0.3, -0.25) is 4.79 Å². The van der Waals surface area contributed by atoms with E-state index in [0.29, 0.717) is 13.2 Å². The monoisotopic (exact) mass is 243 g/mol. The van der Waals surface area contributed by atoms with Crippen molar-refractivity contribution in [3.63, 3.8) is 0 Å². The van der Waals surface area contributed by atoms with Crippen molar-refractivity contribution in [3.05, 3.63) is 0 Å². The van der Waals surface area contributed by atoms with Gasteiger partial charge in [0.15, 0.2) is 0 Å². The Kier molecular flexibility index (Phi) is 5.92. The molecule has 1 aliphatic heterocycles. The standard InChI is InChI=1S/C13H25NO3/c1-4-13(6-5-7-14-10-13)12(15)17-9-8-16-11(2)3/h11,14H,4-10H2,1-3H3. The molecule has 1 saturated heterocycles. The third-order valence-electron chi connectivity index (χ3n) is 3.35. The summed E-state index contributed by atoms with van der Waals surface area (Å²) in [6.07, 6.45) is 3.00. The van der Waals surface area contributed by atoms with Gasteiger partial charge >= 0.3 is 5.97 Å². The molecule has 1 unspecified atom stereocenters. The molecule has 1 atom stereocenters. The Morgan fingerprint density at radius 2 is 2.18 bits per heavy atom. The first-order valence-corrected chi connectivity index (χ1v) is 6.60.